The molecular formula is C27H28N3O+. The Morgan fingerprint density at radius 1 is 0.871 bits per heavy atom. The van der Waals surface area contributed by atoms with Gasteiger partial charge >= 0.3 is 0 Å². The van der Waals surface area contributed by atoms with Crippen molar-refractivity contribution >= 4 is 35.0 Å². The first-order valence-electron chi connectivity index (χ1n) is 10.4. The van der Waals surface area contributed by atoms with Crippen LogP contribution >= 0.6 is 0 Å². The molecule has 0 radical (unpaired) electrons. The number of carbonyl (C=O) groups is 1. The third kappa shape index (κ3) is 3.66. The fraction of sp³-hybridized carbons (Fsp3) is 0.185. The number of anilines is 1. The summed E-state index contributed by atoms with van der Waals surface area (Å²) in [6.45, 7) is 4.06. The molecule has 0 atom stereocenters. The van der Waals surface area contributed by atoms with E-state index in [2.05, 4.69) is 96.7 Å². The van der Waals surface area contributed by atoms with E-state index in [0.29, 0.717) is 0 Å². The summed E-state index contributed by atoms with van der Waals surface area (Å²) in [7, 11) is 6.18. The molecule has 4 aromatic rings. The molecular weight excluding hydrogens is 382 g/mol. The van der Waals surface area contributed by atoms with Crippen LogP contribution in [0.3, 0.4) is 0 Å². The van der Waals surface area contributed by atoms with E-state index >= 15 is 0 Å². The summed E-state index contributed by atoms with van der Waals surface area (Å²) in [5.74, 6) is 0. The smallest absolute Gasteiger partial charge is 0.212 e. The number of aryl methyl sites for hydroxylation is 1. The lowest BCUT2D eigenvalue weighted by atomic mass is 10.1. The Morgan fingerprint density at radius 2 is 1.58 bits per heavy atom. The van der Waals surface area contributed by atoms with Gasteiger partial charge in [0.1, 0.15) is 7.05 Å². The standard InChI is InChI=1S/C27H28N3O/c1-19-25(26(18-31)20(2)30(19)23-9-7-6-8-10-23)15-13-22-12-11-21-17-24(28(3)4)14-16-27(21)29(22)5/h6-18H,1-5H3/q+1. The predicted molar refractivity (Wildman–Crippen MR) is 129 cm³/mol. The van der Waals surface area contributed by atoms with Gasteiger partial charge in [-0.25, -0.2) is 0 Å². The van der Waals surface area contributed by atoms with Crippen molar-refractivity contribution in [2.45, 2.75) is 13.8 Å². The summed E-state index contributed by atoms with van der Waals surface area (Å²) < 4.78 is 4.33. The number of rotatable bonds is 5. The number of hydrogen-bond acceptors (Lipinski definition) is 2. The molecule has 2 heterocycles. The van der Waals surface area contributed by atoms with Crippen molar-refractivity contribution in [2.75, 3.05) is 19.0 Å². The number of benzene rings is 2. The minimum absolute atomic E-state index is 0.733. The molecule has 0 aliphatic rings. The van der Waals surface area contributed by atoms with Crippen LogP contribution in [-0.4, -0.2) is 24.9 Å². The Labute approximate surface area is 183 Å². The molecule has 0 N–H and O–H groups in total. The van der Waals surface area contributed by atoms with Crippen molar-refractivity contribution in [1.29, 1.82) is 0 Å². The number of carbonyl (C=O) groups excluding carboxylic acids is 1. The number of pyridine rings is 1. The van der Waals surface area contributed by atoms with Gasteiger partial charge in [-0.15, -0.1) is 0 Å². The Morgan fingerprint density at radius 3 is 2.26 bits per heavy atom. The molecule has 156 valence electrons. The van der Waals surface area contributed by atoms with Crippen LogP contribution in [0.25, 0.3) is 28.7 Å². The lowest BCUT2D eigenvalue weighted by Gasteiger charge is -2.12. The lowest BCUT2D eigenvalue weighted by molar-refractivity contribution is -0.646. The minimum atomic E-state index is 0.733. The maximum atomic E-state index is 11.9. The fourth-order valence-electron chi connectivity index (χ4n) is 4.23. The highest BCUT2D eigenvalue weighted by Crippen LogP contribution is 2.27. The molecule has 4 nitrogen and oxygen atoms in total. The van der Waals surface area contributed by atoms with E-state index in [1.54, 1.807) is 0 Å². The topological polar surface area (TPSA) is 29.1 Å². The minimum Gasteiger partial charge on any atom is -0.378 e. The predicted octanol–water partition coefficient (Wildman–Crippen LogP) is 5.12. The molecule has 0 saturated carbocycles. The molecule has 4 rings (SSSR count). The zero-order valence-corrected chi connectivity index (χ0v) is 18.8. The quantitative estimate of drug-likeness (QED) is 0.337. The van der Waals surface area contributed by atoms with Crippen molar-refractivity contribution in [3.05, 3.63) is 88.9 Å². The average molecular weight is 411 g/mol. The Bertz CT molecular complexity index is 1300. The first-order chi connectivity index (χ1) is 14.9. The maximum Gasteiger partial charge on any atom is 0.212 e. The van der Waals surface area contributed by atoms with Gasteiger partial charge in [-0.1, -0.05) is 18.2 Å². The summed E-state index contributed by atoms with van der Waals surface area (Å²) in [6.07, 6.45) is 5.11. The number of nitrogens with zero attached hydrogens (tertiary/aromatic N) is 3. The van der Waals surface area contributed by atoms with Crippen molar-refractivity contribution in [1.82, 2.24) is 4.57 Å². The first kappa shape index (κ1) is 20.6. The second kappa shape index (κ2) is 8.23. The van der Waals surface area contributed by atoms with Gasteiger partial charge in [0, 0.05) is 71.6 Å². The van der Waals surface area contributed by atoms with Crippen LogP contribution < -0.4 is 9.47 Å². The van der Waals surface area contributed by atoms with Gasteiger partial charge in [0.15, 0.2) is 6.29 Å². The van der Waals surface area contributed by atoms with Gasteiger partial charge in [-0.3, -0.25) is 4.79 Å². The van der Waals surface area contributed by atoms with E-state index in [9.17, 15) is 4.79 Å². The lowest BCUT2D eigenvalue weighted by Crippen LogP contribution is -2.32. The molecule has 0 fully saturated rings. The van der Waals surface area contributed by atoms with E-state index in [4.69, 9.17) is 0 Å². The maximum absolute atomic E-state index is 11.9. The van der Waals surface area contributed by atoms with Crippen LogP contribution in [0.15, 0.2) is 60.7 Å². The Balaban J connectivity index is 1.78. The van der Waals surface area contributed by atoms with Crippen molar-refractivity contribution in [3.8, 4) is 5.69 Å². The van der Waals surface area contributed by atoms with E-state index in [0.717, 1.165) is 45.7 Å². The van der Waals surface area contributed by atoms with Crippen molar-refractivity contribution in [2.24, 2.45) is 7.05 Å². The van der Waals surface area contributed by atoms with Crippen LogP contribution in [0.4, 0.5) is 5.69 Å². The van der Waals surface area contributed by atoms with Gasteiger partial charge in [0.2, 0.25) is 11.2 Å². The van der Waals surface area contributed by atoms with Crippen LogP contribution in [0.1, 0.15) is 33.0 Å². The highest BCUT2D eigenvalue weighted by Gasteiger charge is 2.17. The zero-order chi connectivity index (χ0) is 22.1. The van der Waals surface area contributed by atoms with Crippen LogP contribution in [0.5, 0.6) is 0 Å². The van der Waals surface area contributed by atoms with E-state index < -0.39 is 0 Å². The normalized spacial score (nSPS) is 11.4. The van der Waals surface area contributed by atoms with Crippen molar-refractivity contribution < 1.29 is 9.36 Å². The molecule has 0 saturated heterocycles. The van der Waals surface area contributed by atoms with Gasteiger partial charge in [-0.2, -0.15) is 4.57 Å². The monoisotopic (exact) mass is 410 g/mol. The molecule has 2 aromatic carbocycles. The molecule has 0 unspecified atom stereocenters. The molecule has 4 heteroatoms. The molecule has 2 aromatic heterocycles. The van der Waals surface area contributed by atoms with Crippen LogP contribution in [-0.2, 0) is 7.05 Å². The van der Waals surface area contributed by atoms with Crippen molar-refractivity contribution in [3.63, 3.8) is 0 Å². The zero-order valence-electron chi connectivity index (χ0n) is 18.8. The van der Waals surface area contributed by atoms with Gasteiger partial charge in [0.05, 0.1) is 0 Å². The number of hydrogen-bond donors (Lipinski definition) is 0. The summed E-state index contributed by atoms with van der Waals surface area (Å²) in [6, 6.07) is 20.9. The average Bonchev–Trinajstić information content (AvgIpc) is 3.02. The second-order valence-corrected chi connectivity index (χ2v) is 8.08. The highest BCUT2D eigenvalue weighted by atomic mass is 16.1. The molecule has 0 aliphatic carbocycles. The fourth-order valence-corrected chi connectivity index (χ4v) is 4.23. The van der Waals surface area contributed by atoms with E-state index in [-0.39, 0.29) is 0 Å². The SMILES string of the molecule is Cc1c(C=O)c(/C=C/c2ccc3cc(N(C)C)ccc3[n+]2C)c(C)n1-c1ccccc1. The Hall–Kier alpha value is -3.66. The number of para-hydroxylation sites is 1. The third-order valence-electron chi connectivity index (χ3n) is 6.00. The van der Waals surface area contributed by atoms with Gasteiger partial charge in [0.25, 0.3) is 0 Å². The second-order valence-electron chi connectivity index (χ2n) is 8.08. The Kier molecular flexibility index (Phi) is 5.47. The summed E-state index contributed by atoms with van der Waals surface area (Å²) in [5.41, 5.74) is 8.19. The van der Waals surface area contributed by atoms with Gasteiger partial charge in [-0.05, 0) is 50.3 Å². The molecule has 0 amide bonds. The largest absolute Gasteiger partial charge is 0.378 e. The summed E-state index contributed by atoms with van der Waals surface area (Å²) >= 11 is 0. The first-order valence-corrected chi connectivity index (χ1v) is 10.4. The van der Waals surface area contributed by atoms with E-state index in [1.165, 1.54) is 11.1 Å². The molecule has 0 bridgehead atoms. The van der Waals surface area contributed by atoms with Crippen LogP contribution in [0.2, 0.25) is 0 Å². The third-order valence-corrected chi connectivity index (χ3v) is 6.00. The van der Waals surface area contributed by atoms with Gasteiger partial charge < -0.3 is 9.47 Å². The number of aromatic nitrogens is 2. The molecule has 0 aliphatic heterocycles. The number of fused-ring (bicyclic) bond motifs is 1. The summed E-state index contributed by atoms with van der Waals surface area (Å²) in [5, 5.41) is 1.20. The van der Waals surface area contributed by atoms with E-state index in [1.807, 2.05) is 25.1 Å². The summed E-state index contributed by atoms with van der Waals surface area (Å²) in [4.78, 5) is 14.0. The molecule has 0 spiro atoms. The highest BCUT2D eigenvalue weighted by molar-refractivity contribution is 5.88. The number of aldehydes is 1. The molecule has 31 heavy (non-hydrogen) atoms. The van der Waals surface area contributed by atoms with Crippen LogP contribution in [0, 0.1) is 13.8 Å².